The van der Waals surface area contributed by atoms with Crippen LogP contribution in [0, 0.1) is 11.7 Å². The summed E-state index contributed by atoms with van der Waals surface area (Å²) >= 11 is 3.20. The van der Waals surface area contributed by atoms with Crippen molar-refractivity contribution in [2.45, 2.75) is 19.3 Å². The topological polar surface area (TPSA) is 17.1 Å². The predicted octanol–water partition coefficient (Wildman–Crippen LogP) is 3.28. The van der Waals surface area contributed by atoms with Crippen LogP contribution in [0.5, 0.6) is 0 Å². The Morgan fingerprint density at radius 2 is 2.29 bits per heavy atom. The number of ketones is 1. The summed E-state index contributed by atoms with van der Waals surface area (Å²) in [5, 5.41) is 0. The predicted molar refractivity (Wildman–Crippen MR) is 55.6 cm³/mol. The molecule has 74 valence electrons. The van der Waals surface area contributed by atoms with E-state index < -0.39 is 0 Å². The van der Waals surface area contributed by atoms with Crippen molar-refractivity contribution >= 4 is 21.7 Å². The number of carbonyl (C=O) groups is 1. The maximum absolute atomic E-state index is 13.4. The van der Waals surface area contributed by atoms with Gasteiger partial charge in [0, 0.05) is 10.4 Å². The van der Waals surface area contributed by atoms with Crippen molar-refractivity contribution in [3.8, 4) is 0 Å². The fraction of sp³-hybridized carbons (Fsp3) is 0.364. The van der Waals surface area contributed by atoms with Crippen molar-refractivity contribution in [1.29, 1.82) is 0 Å². The molecule has 1 nitrogen and oxygen atoms in total. The van der Waals surface area contributed by atoms with Crippen LogP contribution in [-0.2, 0) is 4.79 Å². The van der Waals surface area contributed by atoms with Crippen molar-refractivity contribution in [2.75, 3.05) is 0 Å². The van der Waals surface area contributed by atoms with Crippen LogP contribution in [0.2, 0.25) is 0 Å². The SMILES string of the molecule is CC(=O)[C@H]1C[C@H]1c1ccc(Br)cc1F. The van der Waals surface area contributed by atoms with Crippen LogP contribution in [0.4, 0.5) is 4.39 Å². The van der Waals surface area contributed by atoms with Crippen LogP contribution in [0.3, 0.4) is 0 Å². The molecule has 0 bridgehead atoms. The fourth-order valence-electron chi connectivity index (χ4n) is 1.79. The molecule has 1 saturated carbocycles. The van der Waals surface area contributed by atoms with Crippen LogP contribution in [0.1, 0.15) is 24.8 Å². The first-order chi connectivity index (χ1) is 6.59. The molecule has 14 heavy (non-hydrogen) atoms. The second-order valence-corrected chi connectivity index (χ2v) is 4.64. The molecule has 0 heterocycles. The van der Waals surface area contributed by atoms with Crippen LogP contribution in [0.25, 0.3) is 0 Å². The highest BCUT2D eigenvalue weighted by molar-refractivity contribution is 9.10. The molecule has 1 aliphatic rings. The highest BCUT2D eigenvalue weighted by Gasteiger charge is 2.42. The summed E-state index contributed by atoms with van der Waals surface area (Å²) in [6.45, 7) is 1.57. The lowest BCUT2D eigenvalue weighted by Gasteiger charge is -2.01. The van der Waals surface area contributed by atoms with E-state index >= 15 is 0 Å². The number of carbonyl (C=O) groups excluding carboxylic acids is 1. The van der Waals surface area contributed by atoms with E-state index in [9.17, 15) is 9.18 Å². The van der Waals surface area contributed by atoms with Gasteiger partial charge in [0.05, 0.1) is 0 Å². The highest BCUT2D eigenvalue weighted by atomic mass is 79.9. The molecule has 2 atom stereocenters. The minimum absolute atomic E-state index is 0.0469. The lowest BCUT2D eigenvalue weighted by molar-refractivity contribution is -0.118. The van der Waals surface area contributed by atoms with E-state index in [-0.39, 0.29) is 23.4 Å². The maximum atomic E-state index is 13.4. The Kier molecular flexibility index (Phi) is 2.43. The van der Waals surface area contributed by atoms with Gasteiger partial charge in [0.1, 0.15) is 11.6 Å². The Morgan fingerprint density at radius 1 is 1.57 bits per heavy atom. The van der Waals surface area contributed by atoms with Gasteiger partial charge in [-0.3, -0.25) is 4.79 Å². The molecule has 0 spiro atoms. The molecule has 0 unspecified atom stereocenters. The highest BCUT2D eigenvalue weighted by Crippen LogP contribution is 2.48. The molecule has 1 aromatic rings. The van der Waals surface area contributed by atoms with Gasteiger partial charge in [-0.15, -0.1) is 0 Å². The van der Waals surface area contributed by atoms with Gasteiger partial charge in [-0.05, 0) is 37.0 Å². The van der Waals surface area contributed by atoms with E-state index in [0.29, 0.717) is 5.56 Å². The quantitative estimate of drug-likeness (QED) is 0.794. The summed E-state index contributed by atoms with van der Waals surface area (Å²) in [5.74, 6) is 0.108. The summed E-state index contributed by atoms with van der Waals surface area (Å²) in [6.07, 6.45) is 0.799. The van der Waals surface area contributed by atoms with Crippen molar-refractivity contribution in [3.63, 3.8) is 0 Å². The number of Topliss-reactive ketones (excluding diaryl/α,β-unsaturated/α-hetero) is 1. The first kappa shape index (κ1) is 9.84. The Labute approximate surface area is 90.4 Å². The average molecular weight is 257 g/mol. The van der Waals surface area contributed by atoms with Gasteiger partial charge >= 0.3 is 0 Å². The average Bonchev–Trinajstić information content (AvgIpc) is 2.83. The Morgan fingerprint density at radius 3 is 2.79 bits per heavy atom. The van der Waals surface area contributed by atoms with Crippen LogP contribution < -0.4 is 0 Å². The van der Waals surface area contributed by atoms with Gasteiger partial charge in [0.2, 0.25) is 0 Å². The first-order valence-electron chi connectivity index (χ1n) is 4.55. The van der Waals surface area contributed by atoms with E-state index in [0.717, 1.165) is 10.9 Å². The second kappa shape index (κ2) is 3.46. The fourth-order valence-corrected chi connectivity index (χ4v) is 2.12. The van der Waals surface area contributed by atoms with Crippen molar-refractivity contribution in [1.82, 2.24) is 0 Å². The maximum Gasteiger partial charge on any atom is 0.133 e. The lowest BCUT2D eigenvalue weighted by Crippen LogP contribution is -1.96. The van der Waals surface area contributed by atoms with Gasteiger partial charge in [0.15, 0.2) is 0 Å². The molecular weight excluding hydrogens is 247 g/mol. The summed E-state index contributed by atoms with van der Waals surface area (Å²) in [4.78, 5) is 11.0. The Bertz CT molecular complexity index is 389. The molecule has 0 N–H and O–H groups in total. The monoisotopic (exact) mass is 256 g/mol. The zero-order valence-electron chi connectivity index (χ0n) is 7.76. The number of halogens is 2. The molecule has 3 heteroatoms. The summed E-state index contributed by atoms with van der Waals surface area (Å²) < 4.78 is 14.2. The summed E-state index contributed by atoms with van der Waals surface area (Å²) in [5.41, 5.74) is 0.674. The third kappa shape index (κ3) is 1.73. The molecule has 1 aromatic carbocycles. The van der Waals surface area contributed by atoms with Gasteiger partial charge in [-0.25, -0.2) is 4.39 Å². The van der Waals surface area contributed by atoms with Crippen LogP contribution in [-0.4, -0.2) is 5.78 Å². The second-order valence-electron chi connectivity index (χ2n) is 3.73. The first-order valence-corrected chi connectivity index (χ1v) is 5.34. The largest absolute Gasteiger partial charge is 0.300 e. The van der Waals surface area contributed by atoms with Crippen LogP contribution in [0.15, 0.2) is 22.7 Å². The van der Waals surface area contributed by atoms with Crippen molar-refractivity contribution in [2.24, 2.45) is 5.92 Å². The van der Waals surface area contributed by atoms with E-state index in [2.05, 4.69) is 15.9 Å². The number of hydrogen-bond acceptors (Lipinski definition) is 1. The zero-order chi connectivity index (χ0) is 10.3. The molecule has 0 radical (unpaired) electrons. The Hall–Kier alpha value is -0.700. The van der Waals surface area contributed by atoms with Gasteiger partial charge in [-0.2, -0.15) is 0 Å². The molecule has 2 rings (SSSR count). The normalized spacial score (nSPS) is 24.8. The smallest absolute Gasteiger partial charge is 0.133 e. The number of hydrogen-bond donors (Lipinski definition) is 0. The molecule has 0 aromatic heterocycles. The standard InChI is InChI=1S/C11H10BrFO/c1-6(14)9-5-10(9)8-3-2-7(12)4-11(8)13/h2-4,9-10H,5H2,1H3/t9-,10+/m1/s1. The van der Waals surface area contributed by atoms with Crippen molar-refractivity contribution < 1.29 is 9.18 Å². The van der Waals surface area contributed by atoms with Gasteiger partial charge in [0.25, 0.3) is 0 Å². The minimum Gasteiger partial charge on any atom is -0.300 e. The minimum atomic E-state index is -0.215. The molecule has 0 amide bonds. The van der Waals surface area contributed by atoms with Gasteiger partial charge < -0.3 is 0 Å². The Balaban J connectivity index is 2.23. The lowest BCUT2D eigenvalue weighted by atomic mass is 10.1. The zero-order valence-corrected chi connectivity index (χ0v) is 9.34. The van der Waals surface area contributed by atoms with E-state index in [1.54, 1.807) is 13.0 Å². The summed E-state index contributed by atoms with van der Waals surface area (Å²) in [6, 6.07) is 5.02. The third-order valence-electron chi connectivity index (χ3n) is 2.67. The van der Waals surface area contributed by atoms with Crippen molar-refractivity contribution in [3.05, 3.63) is 34.1 Å². The summed E-state index contributed by atoms with van der Waals surface area (Å²) in [7, 11) is 0. The molecule has 0 saturated heterocycles. The van der Waals surface area contributed by atoms with E-state index in [4.69, 9.17) is 0 Å². The molecule has 0 aliphatic heterocycles. The molecule has 1 fully saturated rings. The number of rotatable bonds is 2. The van der Waals surface area contributed by atoms with E-state index in [1.165, 1.54) is 6.07 Å². The third-order valence-corrected chi connectivity index (χ3v) is 3.17. The molecular formula is C11H10BrFO. The van der Waals surface area contributed by atoms with E-state index in [1.807, 2.05) is 6.07 Å². The van der Waals surface area contributed by atoms with Gasteiger partial charge in [-0.1, -0.05) is 22.0 Å². The number of benzene rings is 1. The van der Waals surface area contributed by atoms with Crippen LogP contribution >= 0.6 is 15.9 Å². The molecule has 1 aliphatic carbocycles.